The second-order valence-electron chi connectivity index (χ2n) is 3.48. The molecule has 2 aromatic rings. The summed E-state index contributed by atoms with van der Waals surface area (Å²) in [6.07, 6.45) is 0. The summed E-state index contributed by atoms with van der Waals surface area (Å²) in [6, 6.07) is 3.25. The summed E-state index contributed by atoms with van der Waals surface area (Å²) in [7, 11) is 4.60. The molecule has 90 valence electrons. The smallest absolute Gasteiger partial charge is 0.338 e. The van der Waals surface area contributed by atoms with Gasteiger partial charge in [0.2, 0.25) is 5.28 Å². The first-order chi connectivity index (χ1) is 8.08. The topological polar surface area (TPSA) is 53.4 Å². The van der Waals surface area contributed by atoms with E-state index in [0.29, 0.717) is 22.1 Å². The van der Waals surface area contributed by atoms with Crippen molar-refractivity contribution in [3.05, 3.63) is 23.0 Å². The molecule has 0 amide bonds. The third kappa shape index (κ3) is 1.82. The second-order valence-corrected chi connectivity index (χ2v) is 3.82. The van der Waals surface area contributed by atoms with Crippen molar-refractivity contribution < 1.29 is 14.3 Å². The van der Waals surface area contributed by atoms with Crippen LogP contribution in [0.1, 0.15) is 10.4 Å². The molecule has 17 heavy (non-hydrogen) atoms. The quantitative estimate of drug-likeness (QED) is 0.770. The van der Waals surface area contributed by atoms with E-state index in [1.54, 1.807) is 23.7 Å². The van der Waals surface area contributed by atoms with Gasteiger partial charge in [0.15, 0.2) is 0 Å². The Morgan fingerprint density at radius 2 is 2.12 bits per heavy atom. The zero-order chi connectivity index (χ0) is 12.6. The van der Waals surface area contributed by atoms with E-state index in [-0.39, 0.29) is 0 Å². The Bertz CT molecular complexity index is 592. The molecule has 2 rings (SSSR count). The number of hydrogen-bond donors (Lipinski definition) is 0. The number of rotatable bonds is 2. The lowest BCUT2D eigenvalue weighted by atomic mass is 10.2. The highest BCUT2D eigenvalue weighted by atomic mass is 35.5. The number of fused-ring (bicyclic) bond motifs is 1. The fourth-order valence-corrected chi connectivity index (χ4v) is 1.79. The molecule has 0 aliphatic rings. The van der Waals surface area contributed by atoms with E-state index in [1.807, 2.05) is 0 Å². The van der Waals surface area contributed by atoms with Crippen LogP contribution in [-0.4, -0.2) is 29.7 Å². The lowest BCUT2D eigenvalue weighted by Gasteiger charge is -2.05. The summed E-state index contributed by atoms with van der Waals surface area (Å²) in [5, 5.41) is 0.334. The summed E-state index contributed by atoms with van der Waals surface area (Å²) in [4.78, 5) is 15.7. The van der Waals surface area contributed by atoms with Gasteiger partial charge in [-0.2, -0.15) is 0 Å². The van der Waals surface area contributed by atoms with Crippen molar-refractivity contribution in [2.45, 2.75) is 0 Å². The van der Waals surface area contributed by atoms with Crippen LogP contribution in [0.3, 0.4) is 0 Å². The normalized spacial score (nSPS) is 10.6. The molecule has 5 nitrogen and oxygen atoms in total. The first-order valence-electron chi connectivity index (χ1n) is 4.86. The zero-order valence-electron chi connectivity index (χ0n) is 9.65. The maximum Gasteiger partial charge on any atom is 0.338 e. The molecule has 1 heterocycles. The first-order valence-corrected chi connectivity index (χ1v) is 5.24. The Hall–Kier alpha value is -1.75. The third-order valence-electron chi connectivity index (χ3n) is 2.54. The molecular formula is C11H11ClN2O3. The van der Waals surface area contributed by atoms with Gasteiger partial charge in [-0.15, -0.1) is 0 Å². The lowest BCUT2D eigenvalue weighted by Crippen LogP contribution is -2.02. The van der Waals surface area contributed by atoms with Crippen molar-refractivity contribution >= 4 is 28.6 Å². The van der Waals surface area contributed by atoms with E-state index < -0.39 is 5.97 Å². The molecule has 0 saturated heterocycles. The summed E-state index contributed by atoms with van der Waals surface area (Å²) in [6.45, 7) is 0. The SMILES string of the molecule is COC(=O)c1cc(OC)c2nc(Cl)n(C)c2c1. The van der Waals surface area contributed by atoms with Crippen LogP contribution in [-0.2, 0) is 11.8 Å². The zero-order valence-corrected chi connectivity index (χ0v) is 10.4. The van der Waals surface area contributed by atoms with Crippen molar-refractivity contribution in [3.63, 3.8) is 0 Å². The van der Waals surface area contributed by atoms with E-state index in [0.717, 1.165) is 5.52 Å². The van der Waals surface area contributed by atoms with E-state index in [1.165, 1.54) is 14.2 Å². The van der Waals surface area contributed by atoms with Crippen LogP contribution in [0.5, 0.6) is 5.75 Å². The number of benzene rings is 1. The van der Waals surface area contributed by atoms with Crippen molar-refractivity contribution in [2.24, 2.45) is 7.05 Å². The summed E-state index contributed by atoms with van der Waals surface area (Å²) < 4.78 is 11.5. The number of methoxy groups -OCH3 is 2. The Morgan fingerprint density at radius 1 is 1.41 bits per heavy atom. The fraction of sp³-hybridized carbons (Fsp3) is 0.273. The van der Waals surface area contributed by atoms with Crippen molar-refractivity contribution in [1.82, 2.24) is 9.55 Å². The van der Waals surface area contributed by atoms with Gasteiger partial charge in [0.25, 0.3) is 0 Å². The number of carbonyl (C=O) groups is 1. The average molecular weight is 255 g/mol. The highest BCUT2D eigenvalue weighted by Crippen LogP contribution is 2.29. The second kappa shape index (κ2) is 4.25. The fourth-order valence-electron chi connectivity index (χ4n) is 1.62. The molecule has 6 heteroatoms. The molecule has 0 spiro atoms. The molecule has 1 aromatic heterocycles. The standard InChI is InChI=1S/C11H11ClN2O3/c1-14-7-4-6(10(15)17-3)5-8(16-2)9(7)13-11(14)12/h4-5H,1-3H3. The summed E-state index contributed by atoms with van der Waals surface area (Å²) in [5.41, 5.74) is 1.74. The van der Waals surface area contributed by atoms with Gasteiger partial charge >= 0.3 is 5.97 Å². The van der Waals surface area contributed by atoms with Crippen LogP contribution in [0.15, 0.2) is 12.1 Å². The molecule has 0 aliphatic carbocycles. The van der Waals surface area contributed by atoms with E-state index in [9.17, 15) is 4.79 Å². The molecule has 0 bridgehead atoms. The molecule has 0 aliphatic heterocycles. The molecular weight excluding hydrogens is 244 g/mol. The predicted molar refractivity (Wildman–Crippen MR) is 63.6 cm³/mol. The molecule has 1 aromatic carbocycles. The number of aryl methyl sites for hydroxylation is 1. The summed E-state index contributed by atoms with van der Waals surface area (Å²) in [5.74, 6) is 0.0629. The van der Waals surface area contributed by atoms with Gasteiger partial charge in [-0.1, -0.05) is 0 Å². The third-order valence-corrected chi connectivity index (χ3v) is 2.88. The minimum atomic E-state index is -0.428. The van der Waals surface area contributed by atoms with Gasteiger partial charge in [-0.3, -0.25) is 0 Å². The highest BCUT2D eigenvalue weighted by Gasteiger charge is 2.15. The van der Waals surface area contributed by atoms with E-state index in [2.05, 4.69) is 9.72 Å². The maximum atomic E-state index is 11.5. The molecule has 0 unspecified atom stereocenters. The van der Waals surface area contributed by atoms with Gasteiger partial charge in [0, 0.05) is 7.05 Å². The Morgan fingerprint density at radius 3 is 2.71 bits per heavy atom. The van der Waals surface area contributed by atoms with Crippen molar-refractivity contribution in [2.75, 3.05) is 14.2 Å². The number of esters is 1. The average Bonchev–Trinajstić information content (AvgIpc) is 2.63. The van der Waals surface area contributed by atoms with Gasteiger partial charge in [-0.25, -0.2) is 9.78 Å². The number of aromatic nitrogens is 2. The molecule has 0 radical (unpaired) electrons. The van der Waals surface area contributed by atoms with Crippen LogP contribution in [0, 0.1) is 0 Å². The monoisotopic (exact) mass is 254 g/mol. The number of ether oxygens (including phenoxy) is 2. The van der Waals surface area contributed by atoms with Gasteiger partial charge in [0.05, 0.1) is 25.3 Å². The van der Waals surface area contributed by atoms with E-state index >= 15 is 0 Å². The minimum Gasteiger partial charge on any atom is -0.494 e. The molecule has 0 saturated carbocycles. The van der Waals surface area contributed by atoms with E-state index in [4.69, 9.17) is 16.3 Å². The van der Waals surface area contributed by atoms with Crippen molar-refractivity contribution in [1.29, 1.82) is 0 Å². The number of nitrogens with zero attached hydrogens (tertiary/aromatic N) is 2. The minimum absolute atomic E-state index is 0.334. The largest absolute Gasteiger partial charge is 0.494 e. The number of hydrogen-bond acceptors (Lipinski definition) is 4. The maximum absolute atomic E-state index is 11.5. The van der Waals surface area contributed by atoms with Crippen LogP contribution < -0.4 is 4.74 Å². The van der Waals surface area contributed by atoms with Gasteiger partial charge in [0.1, 0.15) is 11.3 Å². The Kier molecular flexibility index (Phi) is 2.93. The van der Waals surface area contributed by atoms with Crippen molar-refractivity contribution in [3.8, 4) is 5.75 Å². The summed E-state index contributed by atoms with van der Waals surface area (Å²) >= 11 is 5.93. The van der Waals surface area contributed by atoms with Crippen LogP contribution in [0.4, 0.5) is 0 Å². The lowest BCUT2D eigenvalue weighted by molar-refractivity contribution is 0.0600. The first kappa shape index (κ1) is 11.7. The molecule has 0 fully saturated rings. The Balaban J connectivity index is 2.75. The predicted octanol–water partition coefficient (Wildman–Crippen LogP) is 2.02. The number of halogens is 1. The number of imidazole rings is 1. The van der Waals surface area contributed by atoms with Crippen LogP contribution in [0.25, 0.3) is 11.0 Å². The van der Waals surface area contributed by atoms with Gasteiger partial charge in [-0.05, 0) is 23.7 Å². The highest BCUT2D eigenvalue weighted by molar-refractivity contribution is 6.29. The van der Waals surface area contributed by atoms with Crippen LogP contribution in [0.2, 0.25) is 5.28 Å². The molecule has 0 atom stereocenters. The van der Waals surface area contributed by atoms with Gasteiger partial charge < -0.3 is 14.0 Å². The van der Waals surface area contributed by atoms with Crippen LogP contribution >= 0.6 is 11.6 Å². The molecule has 0 N–H and O–H groups in total. The Labute approximate surface area is 103 Å². The number of carbonyl (C=O) groups excluding carboxylic acids is 1.